The molecule has 3 aromatic rings. The van der Waals surface area contributed by atoms with Gasteiger partial charge in [0.1, 0.15) is 11.9 Å². The SMILES string of the molecule is O=C([O-])NCc1cc2cc(-c3ccc(S(=O)(=O)N4CC(F)(F)C4)cc3)cc(Cl)c2o1. The second kappa shape index (κ2) is 7.22. The summed E-state index contributed by atoms with van der Waals surface area (Å²) in [5, 5.41) is 13.5. The lowest BCUT2D eigenvalue weighted by Crippen LogP contribution is -2.58. The summed E-state index contributed by atoms with van der Waals surface area (Å²) in [6, 6.07) is 10.8. The van der Waals surface area contributed by atoms with Gasteiger partial charge in [0, 0.05) is 5.39 Å². The lowest BCUT2D eigenvalue weighted by atomic mass is 10.0. The van der Waals surface area contributed by atoms with E-state index in [4.69, 9.17) is 16.0 Å². The fourth-order valence-corrected chi connectivity index (χ4v) is 4.95. The number of hydrogen-bond acceptors (Lipinski definition) is 5. The average molecular weight is 456 g/mol. The molecule has 1 aliphatic rings. The van der Waals surface area contributed by atoms with Crippen LogP contribution in [0.4, 0.5) is 13.6 Å². The van der Waals surface area contributed by atoms with Crippen molar-refractivity contribution < 1.29 is 31.5 Å². The minimum Gasteiger partial charge on any atom is -0.530 e. The van der Waals surface area contributed by atoms with E-state index in [1.807, 2.05) is 0 Å². The van der Waals surface area contributed by atoms with Crippen molar-refractivity contribution in [2.24, 2.45) is 0 Å². The Labute approximate surface area is 174 Å². The summed E-state index contributed by atoms with van der Waals surface area (Å²) in [6.07, 6.45) is -1.43. The van der Waals surface area contributed by atoms with Crippen molar-refractivity contribution >= 4 is 38.7 Å². The van der Waals surface area contributed by atoms with Crippen LogP contribution in [0.15, 0.2) is 51.8 Å². The second-order valence-electron chi connectivity index (χ2n) is 6.88. The molecule has 1 saturated heterocycles. The van der Waals surface area contributed by atoms with Crippen LogP contribution >= 0.6 is 11.6 Å². The number of halogens is 3. The summed E-state index contributed by atoms with van der Waals surface area (Å²) in [7, 11) is -3.97. The fourth-order valence-electron chi connectivity index (χ4n) is 3.18. The standard InChI is InChI=1S/C19H15ClF2N2O5S/c20-16-7-12(5-13-6-14(29-17(13)16)8-23-18(25)26)11-1-3-15(4-2-11)30(27,28)24-9-19(21,22)10-24/h1-7,23H,8-10H2,(H,25,26)/p-1. The number of fused-ring (bicyclic) bond motifs is 1. The van der Waals surface area contributed by atoms with Gasteiger partial charge in [-0.25, -0.2) is 17.2 Å². The van der Waals surface area contributed by atoms with Gasteiger partial charge in [-0.2, -0.15) is 4.31 Å². The first-order chi connectivity index (χ1) is 14.0. The predicted molar refractivity (Wildman–Crippen MR) is 103 cm³/mol. The van der Waals surface area contributed by atoms with Crippen molar-refractivity contribution in [2.75, 3.05) is 13.1 Å². The van der Waals surface area contributed by atoms with Crippen molar-refractivity contribution in [3.63, 3.8) is 0 Å². The first-order valence-electron chi connectivity index (χ1n) is 8.70. The molecule has 0 spiro atoms. The highest BCUT2D eigenvalue weighted by molar-refractivity contribution is 7.89. The summed E-state index contributed by atoms with van der Waals surface area (Å²) < 4.78 is 57.1. The van der Waals surface area contributed by atoms with Crippen LogP contribution in [0.1, 0.15) is 5.76 Å². The van der Waals surface area contributed by atoms with Gasteiger partial charge in [-0.05, 0) is 41.5 Å². The van der Waals surface area contributed by atoms with E-state index in [0.29, 0.717) is 32.9 Å². The van der Waals surface area contributed by atoms with Gasteiger partial charge < -0.3 is 19.6 Å². The molecule has 0 bridgehead atoms. The van der Waals surface area contributed by atoms with Gasteiger partial charge in [-0.1, -0.05) is 23.7 Å². The Balaban J connectivity index is 1.60. The number of alkyl halides is 2. The minimum absolute atomic E-state index is 0.0760. The molecule has 1 fully saturated rings. The molecule has 0 atom stereocenters. The minimum atomic E-state index is -3.97. The highest BCUT2D eigenvalue weighted by Crippen LogP contribution is 2.35. The van der Waals surface area contributed by atoms with Crippen LogP contribution < -0.4 is 10.4 Å². The van der Waals surface area contributed by atoms with Crippen LogP contribution in [-0.4, -0.2) is 37.8 Å². The van der Waals surface area contributed by atoms with Gasteiger partial charge in [0.05, 0.1) is 29.6 Å². The number of amides is 1. The normalized spacial score (nSPS) is 16.4. The number of hydrogen-bond donors (Lipinski definition) is 1. The molecule has 1 aromatic heterocycles. The van der Waals surface area contributed by atoms with Gasteiger partial charge >= 0.3 is 0 Å². The second-order valence-corrected chi connectivity index (χ2v) is 9.23. The largest absolute Gasteiger partial charge is 0.530 e. The smallest absolute Gasteiger partial charge is 0.275 e. The van der Waals surface area contributed by atoms with E-state index in [9.17, 15) is 27.1 Å². The highest BCUT2D eigenvalue weighted by atomic mass is 35.5. The van der Waals surface area contributed by atoms with E-state index in [1.54, 1.807) is 30.3 Å². The van der Waals surface area contributed by atoms with Crippen molar-refractivity contribution in [1.82, 2.24) is 9.62 Å². The number of nitrogens with one attached hydrogen (secondary N) is 1. The zero-order valence-electron chi connectivity index (χ0n) is 15.2. The molecule has 2 aromatic carbocycles. The maximum atomic E-state index is 13.0. The Hall–Kier alpha value is -2.69. The third-order valence-corrected chi connectivity index (χ3v) is 6.76. The van der Waals surface area contributed by atoms with Gasteiger partial charge in [0.25, 0.3) is 5.92 Å². The highest BCUT2D eigenvalue weighted by Gasteiger charge is 2.49. The number of benzene rings is 2. The first-order valence-corrected chi connectivity index (χ1v) is 10.5. The van der Waals surface area contributed by atoms with Crippen LogP contribution in [-0.2, 0) is 16.6 Å². The molecule has 0 aliphatic carbocycles. The molecule has 158 valence electrons. The van der Waals surface area contributed by atoms with Gasteiger partial charge in [-0.15, -0.1) is 0 Å². The molecule has 7 nitrogen and oxygen atoms in total. The number of carboxylic acid groups (broad SMARTS) is 1. The number of carbonyl (C=O) groups is 1. The van der Waals surface area contributed by atoms with Crippen molar-refractivity contribution in [2.45, 2.75) is 17.4 Å². The van der Waals surface area contributed by atoms with Crippen molar-refractivity contribution in [3.05, 3.63) is 53.2 Å². The fraction of sp³-hybridized carbons (Fsp3) is 0.211. The van der Waals surface area contributed by atoms with Gasteiger partial charge in [-0.3, -0.25) is 0 Å². The van der Waals surface area contributed by atoms with Crippen molar-refractivity contribution in [3.8, 4) is 11.1 Å². The predicted octanol–water partition coefficient (Wildman–Crippen LogP) is 2.83. The van der Waals surface area contributed by atoms with Crippen molar-refractivity contribution in [1.29, 1.82) is 0 Å². The van der Waals surface area contributed by atoms with Crippen LogP contribution in [0.3, 0.4) is 0 Å². The lowest BCUT2D eigenvalue weighted by molar-refractivity contribution is -0.251. The Morgan fingerprint density at radius 2 is 1.83 bits per heavy atom. The molecule has 0 unspecified atom stereocenters. The molecule has 1 aliphatic heterocycles. The molecule has 1 N–H and O–H groups in total. The van der Waals surface area contributed by atoms with Crippen LogP contribution in [0.2, 0.25) is 5.02 Å². The molecule has 11 heteroatoms. The molecule has 30 heavy (non-hydrogen) atoms. The molecule has 1 amide bonds. The number of nitrogens with zero attached hydrogens (tertiary/aromatic N) is 1. The van der Waals surface area contributed by atoms with Gasteiger partial charge in [0.15, 0.2) is 5.58 Å². The Kier molecular flexibility index (Phi) is 4.95. The van der Waals surface area contributed by atoms with E-state index in [0.717, 1.165) is 4.31 Å². The summed E-state index contributed by atoms with van der Waals surface area (Å²) in [5.41, 5.74) is 1.71. The Bertz CT molecular complexity index is 1230. The number of carbonyl (C=O) groups excluding carboxylic acids is 1. The topological polar surface area (TPSA) is 103 Å². The molecular weight excluding hydrogens is 442 g/mol. The van der Waals surface area contributed by atoms with Crippen LogP contribution in [0.25, 0.3) is 22.1 Å². The summed E-state index contributed by atoms with van der Waals surface area (Å²) in [6.45, 7) is -1.72. The monoisotopic (exact) mass is 455 g/mol. The van der Waals surface area contributed by atoms with Crippen LogP contribution in [0, 0.1) is 0 Å². The molecule has 4 rings (SSSR count). The molecule has 0 saturated carbocycles. The third-order valence-electron chi connectivity index (χ3n) is 4.67. The zero-order valence-corrected chi connectivity index (χ0v) is 16.8. The number of furan rings is 1. The van der Waals surface area contributed by atoms with E-state index in [1.165, 1.54) is 12.1 Å². The van der Waals surface area contributed by atoms with Gasteiger partial charge in [0.2, 0.25) is 10.0 Å². The van der Waals surface area contributed by atoms with E-state index in [-0.39, 0.29) is 11.4 Å². The summed E-state index contributed by atoms with van der Waals surface area (Å²) in [4.78, 5) is 10.4. The lowest BCUT2D eigenvalue weighted by Gasteiger charge is -2.37. The summed E-state index contributed by atoms with van der Waals surface area (Å²) >= 11 is 6.27. The molecule has 2 heterocycles. The molecule has 0 radical (unpaired) electrons. The number of sulfonamides is 1. The first kappa shape index (κ1) is 20.6. The maximum absolute atomic E-state index is 13.0. The van der Waals surface area contributed by atoms with E-state index in [2.05, 4.69) is 5.32 Å². The third kappa shape index (κ3) is 3.85. The Morgan fingerprint density at radius 1 is 1.17 bits per heavy atom. The quantitative estimate of drug-likeness (QED) is 0.637. The van der Waals surface area contributed by atoms with E-state index < -0.39 is 35.1 Å². The number of rotatable bonds is 5. The molecular formula is C19H14ClF2N2O5S-. The Morgan fingerprint density at radius 3 is 2.43 bits per heavy atom. The average Bonchev–Trinajstić information content (AvgIpc) is 3.08. The maximum Gasteiger partial charge on any atom is 0.275 e. The van der Waals surface area contributed by atoms with E-state index >= 15 is 0 Å². The van der Waals surface area contributed by atoms with Crippen LogP contribution in [0.5, 0.6) is 0 Å². The zero-order chi connectivity index (χ0) is 21.7. The summed E-state index contributed by atoms with van der Waals surface area (Å²) in [5.74, 6) is -2.64.